The number of alkyl halides is 2. The summed E-state index contributed by atoms with van der Waals surface area (Å²) >= 11 is 0. The molecule has 2 nitrogen and oxygen atoms in total. The monoisotopic (exact) mass is 290 g/mol. The predicted octanol–water partition coefficient (Wildman–Crippen LogP) is 2.69. The van der Waals surface area contributed by atoms with Crippen molar-refractivity contribution in [1.29, 1.82) is 0 Å². The molecule has 1 aliphatic heterocycles. The van der Waals surface area contributed by atoms with Crippen LogP contribution in [0.1, 0.15) is 32.1 Å². The molecule has 0 aromatic heterocycles. The van der Waals surface area contributed by atoms with E-state index in [1.54, 1.807) is 0 Å². The van der Waals surface area contributed by atoms with Gasteiger partial charge in [0.15, 0.2) is 0 Å². The van der Waals surface area contributed by atoms with Crippen LogP contribution < -0.4 is 5.73 Å². The van der Waals surface area contributed by atoms with Crippen LogP contribution in [0.4, 0.5) is 8.78 Å². The van der Waals surface area contributed by atoms with Gasteiger partial charge in [0.1, 0.15) is 0 Å². The van der Waals surface area contributed by atoms with Gasteiger partial charge in [0, 0.05) is 25.6 Å². The van der Waals surface area contributed by atoms with Gasteiger partial charge in [-0.05, 0) is 31.6 Å². The fourth-order valence-corrected chi connectivity index (χ4v) is 2.70. The number of nitrogens with two attached hydrogens (primary N) is 1. The molecule has 0 amide bonds. The van der Waals surface area contributed by atoms with Crippen molar-refractivity contribution >= 4 is 24.8 Å². The number of hydrogen-bond donors (Lipinski definition) is 1. The van der Waals surface area contributed by atoms with Gasteiger partial charge in [-0.15, -0.1) is 24.8 Å². The Balaban J connectivity index is 0.00000128. The zero-order valence-corrected chi connectivity index (χ0v) is 11.5. The lowest BCUT2D eigenvalue weighted by molar-refractivity contribution is 0.0102. The first-order valence-electron chi connectivity index (χ1n) is 5.91. The minimum atomic E-state index is -2.44. The highest BCUT2D eigenvalue weighted by atomic mass is 35.5. The van der Waals surface area contributed by atoms with E-state index in [0.717, 1.165) is 32.2 Å². The summed E-state index contributed by atoms with van der Waals surface area (Å²) in [5.41, 5.74) is 5.81. The Morgan fingerprint density at radius 2 is 1.71 bits per heavy atom. The van der Waals surface area contributed by atoms with Crippen LogP contribution in [0.2, 0.25) is 0 Å². The molecule has 104 valence electrons. The minimum Gasteiger partial charge on any atom is -0.328 e. The number of likely N-dealkylation sites (tertiary alicyclic amines) is 1. The van der Waals surface area contributed by atoms with Gasteiger partial charge < -0.3 is 5.73 Å². The third-order valence-electron chi connectivity index (χ3n) is 3.66. The number of rotatable bonds is 2. The van der Waals surface area contributed by atoms with Crippen molar-refractivity contribution in [2.24, 2.45) is 11.7 Å². The molecule has 0 aromatic carbocycles. The molecule has 1 heterocycles. The SMILES string of the molecule is Cl.Cl.NC1CCC(CN2CCC(F)(F)C2)CC1. The molecule has 0 aromatic rings. The quantitative estimate of drug-likeness (QED) is 0.847. The zero-order chi connectivity index (χ0) is 10.9. The van der Waals surface area contributed by atoms with E-state index in [9.17, 15) is 8.78 Å². The van der Waals surface area contributed by atoms with Crippen LogP contribution in [0.3, 0.4) is 0 Å². The molecule has 2 aliphatic rings. The maximum absolute atomic E-state index is 12.9. The van der Waals surface area contributed by atoms with Crippen molar-refractivity contribution in [1.82, 2.24) is 4.90 Å². The van der Waals surface area contributed by atoms with Crippen LogP contribution in [-0.4, -0.2) is 36.5 Å². The van der Waals surface area contributed by atoms with Crippen molar-refractivity contribution in [3.05, 3.63) is 0 Å². The zero-order valence-electron chi connectivity index (χ0n) is 9.91. The van der Waals surface area contributed by atoms with E-state index < -0.39 is 5.92 Å². The summed E-state index contributed by atoms with van der Waals surface area (Å²) in [6.45, 7) is 1.38. The number of nitrogens with zero attached hydrogens (tertiary/aromatic N) is 1. The van der Waals surface area contributed by atoms with Crippen LogP contribution in [0, 0.1) is 5.92 Å². The maximum Gasteiger partial charge on any atom is 0.261 e. The Labute approximate surface area is 114 Å². The molecule has 2 rings (SSSR count). The van der Waals surface area contributed by atoms with Gasteiger partial charge in [-0.2, -0.15) is 0 Å². The molecule has 0 unspecified atom stereocenters. The summed E-state index contributed by atoms with van der Waals surface area (Å²) < 4.78 is 25.9. The molecule has 0 radical (unpaired) electrons. The van der Waals surface area contributed by atoms with Gasteiger partial charge in [-0.3, -0.25) is 4.90 Å². The normalized spacial score (nSPS) is 32.6. The lowest BCUT2D eigenvalue weighted by atomic mass is 9.86. The highest BCUT2D eigenvalue weighted by Gasteiger charge is 2.38. The van der Waals surface area contributed by atoms with E-state index >= 15 is 0 Å². The Morgan fingerprint density at radius 1 is 1.12 bits per heavy atom. The predicted molar refractivity (Wildman–Crippen MR) is 70.4 cm³/mol. The molecule has 0 atom stereocenters. The van der Waals surface area contributed by atoms with Crippen molar-refractivity contribution in [2.75, 3.05) is 19.6 Å². The van der Waals surface area contributed by atoms with E-state index in [1.807, 2.05) is 4.90 Å². The van der Waals surface area contributed by atoms with E-state index in [1.165, 1.54) is 0 Å². The minimum absolute atomic E-state index is 0. The Hall–Kier alpha value is 0.360. The topological polar surface area (TPSA) is 29.3 Å². The smallest absolute Gasteiger partial charge is 0.261 e. The standard InChI is InChI=1S/C11H20F2N2.2ClH/c12-11(13)5-6-15(8-11)7-9-1-3-10(14)4-2-9;;/h9-10H,1-8,14H2;2*1H. The second-order valence-electron chi connectivity index (χ2n) is 5.12. The molecule has 6 heteroatoms. The first-order valence-corrected chi connectivity index (χ1v) is 5.91. The fourth-order valence-electron chi connectivity index (χ4n) is 2.70. The molecule has 0 bridgehead atoms. The largest absolute Gasteiger partial charge is 0.328 e. The van der Waals surface area contributed by atoms with E-state index in [4.69, 9.17) is 5.73 Å². The molecule has 2 fully saturated rings. The first kappa shape index (κ1) is 17.4. The van der Waals surface area contributed by atoms with Crippen molar-refractivity contribution < 1.29 is 8.78 Å². The average molecular weight is 291 g/mol. The van der Waals surface area contributed by atoms with Gasteiger partial charge in [0.25, 0.3) is 5.92 Å². The molecule has 1 saturated heterocycles. The third-order valence-corrected chi connectivity index (χ3v) is 3.66. The summed E-state index contributed by atoms with van der Waals surface area (Å²) in [6.07, 6.45) is 4.40. The molecule has 1 saturated carbocycles. The van der Waals surface area contributed by atoms with Gasteiger partial charge in [-0.1, -0.05) is 0 Å². The summed E-state index contributed by atoms with van der Waals surface area (Å²) in [4.78, 5) is 1.92. The number of halogens is 4. The van der Waals surface area contributed by atoms with Crippen LogP contribution in [0.5, 0.6) is 0 Å². The van der Waals surface area contributed by atoms with Gasteiger partial charge >= 0.3 is 0 Å². The fraction of sp³-hybridized carbons (Fsp3) is 1.00. The summed E-state index contributed by atoms with van der Waals surface area (Å²) in [6, 6.07) is 0.348. The van der Waals surface area contributed by atoms with Crippen molar-refractivity contribution in [3.63, 3.8) is 0 Å². The first-order chi connectivity index (χ1) is 7.05. The van der Waals surface area contributed by atoms with Crippen molar-refractivity contribution in [3.8, 4) is 0 Å². The highest BCUT2D eigenvalue weighted by Crippen LogP contribution is 2.30. The molecule has 2 N–H and O–H groups in total. The van der Waals surface area contributed by atoms with Crippen LogP contribution >= 0.6 is 24.8 Å². The molecule has 0 spiro atoms. The van der Waals surface area contributed by atoms with Crippen LogP contribution in [-0.2, 0) is 0 Å². The van der Waals surface area contributed by atoms with E-state index in [-0.39, 0.29) is 37.8 Å². The average Bonchev–Trinajstić information content (AvgIpc) is 2.50. The van der Waals surface area contributed by atoms with Crippen LogP contribution in [0.15, 0.2) is 0 Å². The molecule has 1 aliphatic carbocycles. The summed E-state index contributed by atoms with van der Waals surface area (Å²) in [5, 5.41) is 0. The lowest BCUT2D eigenvalue weighted by Crippen LogP contribution is -2.34. The Morgan fingerprint density at radius 3 is 2.18 bits per heavy atom. The Bertz CT molecular complexity index is 222. The summed E-state index contributed by atoms with van der Waals surface area (Å²) in [7, 11) is 0. The molecular weight excluding hydrogens is 269 g/mol. The van der Waals surface area contributed by atoms with Gasteiger partial charge in [0.2, 0.25) is 0 Å². The molecule has 17 heavy (non-hydrogen) atoms. The summed E-state index contributed by atoms with van der Waals surface area (Å²) in [5.74, 6) is -1.84. The maximum atomic E-state index is 12.9. The van der Waals surface area contributed by atoms with E-state index in [0.29, 0.717) is 18.5 Å². The van der Waals surface area contributed by atoms with Crippen molar-refractivity contribution in [2.45, 2.75) is 44.1 Å². The van der Waals surface area contributed by atoms with Gasteiger partial charge in [0.05, 0.1) is 6.54 Å². The number of hydrogen-bond acceptors (Lipinski definition) is 2. The van der Waals surface area contributed by atoms with Crippen LogP contribution in [0.25, 0.3) is 0 Å². The van der Waals surface area contributed by atoms with Gasteiger partial charge in [-0.25, -0.2) is 8.78 Å². The highest BCUT2D eigenvalue weighted by molar-refractivity contribution is 5.85. The van der Waals surface area contributed by atoms with E-state index in [2.05, 4.69) is 0 Å². The second kappa shape index (κ2) is 7.07. The molecular formula is C11H22Cl2F2N2. The lowest BCUT2D eigenvalue weighted by Gasteiger charge is -2.29. The Kier molecular flexibility index (Phi) is 7.22. The third kappa shape index (κ3) is 5.25. The second-order valence-corrected chi connectivity index (χ2v) is 5.12.